The SMILES string of the molecule is Cc1noc2c1[C@H](c1cccc(F)c1)C1=C(C[C@H](c3ccc(Cl)cc3)CC1=O)N2. The Morgan fingerprint density at radius 3 is 2.69 bits per heavy atom. The van der Waals surface area contributed by atoms with E-state index in [9.17, 15) is 9.18 Å². The first-order chi connectivity index (χ1) is 14.0. The van der Waals surface area contributed by atoms with Crippen LogP contribution < -0.4 is 5.32 Å². The van der Waals surface area contributed by atoms with Crippen molar-refractivity contribution in [1.82, 2.24) is 5.16 Å². The lowest BCUT2D eigenvalue weighted by atomic mass is 9.72. The molecule has 0 saturated heterocycles. The molecule has 146 valence electrons. The molecular formula is C23H18ClFN2O2. The highest BCUT2D eigenvalue weighted by Crippen LogP contribution is 2.49. The second-order valence-corrected chi connectivity index (χ2v) is 8.03. The highest BCUT2D eigenvalue weighted by Gasteiger charge is 2.41. The molecule has 1 aliphatic heterocycles. The molecular weight excluding hydrogens is 391 g/mol. The Bertz CT molecular complexity index is 1150. The lowest BCUT2D eigenvalue weighted by molar-refractivity contribution is -0.116. The Hall–Kier alpha value is -2.92. The van der Waals surface area contributed by atoms with Gasteiger partial charge in [-0.1, -0.05) is 41.0 Å². The summed E-state index contributed by atoms with van der Waals surface area (Å²) in [6.45, 7) is 1.84. The van der Waals surface area contributed by atoms with Gasteiger partial charge in [-0.25, -0.2) is 4.39 Å². The Morgan fingerprint density at radius 2 is 1.93 bits per heavy atom. The number of carbonyl (C=O) groups excluding carboxylic acids is 1. The number of nitrogens with one attached hydrogen (secondary N) is 1. The van der Waals surface area contributed by atoms with Crippen LogP contribution in [0.25, 0.3) is 0 Å². The molecule has 0 spiro atoms. The number of hydrogen-bond donors (Lipinski definition) is 1. The highest BCUT2D eigenvalue weighted by atomic mass is 35.5. The van der Waals surface area contributed by atoms with Gasteiger partial charge in [0.25, 0.3) is 0 Å². The standard InChI is InChI=1S/C23H18ClFN2O2/c1-12-20-21(14-3-2-4-17(25)9-14)22-18(26-23(20)29-27-12)10-15(11-19(22)28)13-5-7-16(24)8-6-13/h2-9,15,21,26H,10-11H2,1H3/t15-,21-/m0/s1. The maximum atomic E-state index is 14.0. The zero-order valence-corrected chi connectivity index (χ0v) is 16.5. The molecule has 0 fully saturated rings. The lowest BCUT2D eigenvalue weighted by Crippen LogP contribution is -2.29. The summed E-state index contributed by atoms with van der Waals surface area (Å²) in [5.74, 6) is -0.0907. The summed E-state index contributed by atoms with van der Waals surface area (Å²) < 4.78 is 19.5. The van der Waals surface area contributed by atoms with Crippen molar-refractivity contribution >= 4 is 23.3 Å². The number of ketones is 1. The molecule has 1 aliphatic carbocycles. The predicted molar refractivity (Wildman–Crippen MR) is 109 cm³/mol. The number of allylic oxidation sites excluding steroid dienone is 2. The molecule has 0 saturated carbocycles. The first kappa shape index (κ1) is 18.1. The molecule has 0 unspecified atom stereocenters. The van der Waals surface area contributed by atoms with E-state index < -0.39 is 0 Å². The van der Waals surface area contributed by atoms with Gasteiger partial charge in [-0.05, 0) is 54.7 Å². The zero-order valence-electron chi connectivity index (χ0n) is 15.7. The third-order valence-corrected chi connectivity index (χ3v) is 6.03. The van der Waals surface area contributed by atoms with Crippen LogP contribution in [0.3, 0.4) is 0 Å². The van der Waals surface area contributed by atoms with Crippen LogP contribution in [0.1, 0.15) is 47.1 Å². The number of Topliss-reactive ketones (excluding diaryl/α,β-unsaturated/α-hetero) is 1. The summed E-state index contributed by atoms with van der Waals surface area (Å²) in [6.07, 6.45) is 1.06. The smallest absolute Gasteiger partial charge is 0.233 e. The van der Waals surface area contributed by atoms with E-state index in [4.69, 9.17) is 16.1 Å². The highest BCUT2D eigenvalue weighted by molar-refractivity contribution is 6.30. The van der Waals surface area contributed by atoms with Gasteiger partial charge in [0, 0.05) is 28.6 Å². The summed E-state index contributed by atoms with van der Waals surface area (Å²) in [6, 6.07) is 14.0. The minimum absolute atomic E-state index is 0.0461. The average molecular weight is 409 g/mol. The Balaban J connectivity index is 1.62. The average Bonchev–Trinajstić information content (AvgIpc) is 3.07. The molecule has 2 heterocycles. The number of aromatic nitrogens is 1. The van der Waals surface area contributed by atoms with E-state index in [1.807, 2.05) is 37.3 Å². The first-order valence-corrected chi connectivity index (χ1v) is 9.89. The summed E-state index contributed by atoms with van der Waals surface area (Å²) in [4.78, 5) is 13.3. The van der Waals surface area contributed by atoms with Gasteiger partial charge in [-0.15, -0.1) is 0 Å². The van der Waals surface area contributed by atoms with E-state index in [2.05, 4.69) is 10.5 Å². The van der Waals surface area contributed by atoms with Crippen LogP contribution in [0.4, 0.5) is 10.3 Å². The first-order valence-electron chi connectivity index (χ1n) is 9.51. The predicted octanol–water partition coefficient (Wildman–Crippen LogP) is 5.73. The molecule has 0 amide bonds. The molecule has 1 N–H and O–H groups in total. The van der Waals surface area contributed by atoms with Crippen LogP contribution in [0, 0.1) is 12.7 Å². The van der Waals surface area contributed by atoms with Crippen molar-refractivity contribution in [2.24, 2.45) is 0 Å². The zero-order chi connectivity index (χ0) is 20.1. The molecule has 5 rings (SSSR count). The maximum absolute atomic E-state index is 14.0. The normalized spacial score (nSPS) is 20.9. The van der Waals surface area contributed by atoms with Crippen molar-refractivity contribution in [3.8, 4) is 0 Å². The van der Waals surface area contributed by atoms with E-state index in [0.717, 1.165) is 22.4 Å². The molecule has 1 aromatic heterocycles. The molecule has 6 heteroatoms. The van der Waals surface area contributed by atoms with E-state index in [1.54, 1.807) is 6.07 Å². The fraction of sp³-hybridized carbons (Fsp3) is 0.217. The molecule has 2 aromatic carbocycles. The van der Waals surface area contributed by atoms with Gasteiger partial charge in [0.15, 0.2) is 5.78 Å². The molecule has 2 aliphatic rings. The van der Waals surface area contributed by atoms with Gasteiger partial charge in [0.05, 0.1) is 11.3 Å². The molecule has 0 bridgehead atoms. The summed E-state index contributed by atoms with van der Waals surface area (Å²) >= 11 is 6.01. The van der Waals surface area contributed by atoms with Crippen molar-refractivity contribution < 1.29 is 13.7 Å². The molecule has 3 aromatic rings. The third-order valence-electron chi connectivity index (χ3n) is 5.78. The fourth-order valence-corrected chi connectivity index (χ4v) is 4.59. The van der Waals surface area contributed by atoms with Crippen LogP contribution in [-0.4, -0.2) is 10.9 Å². The second kappa shape index (κ2) is 6.85. The van der Waals surface area contributed by atoms with Crippen molar-refractivity contribution in [3.63, 3.8) is 0 Å². The number of rotatable bonds is 2. The van der Waals surface area contributed by atoms with Crippen LogP contribution in [-0.2, 0) is 4.79 Å². The van der Waals surface area contributed by atoms with E-state index >= 15 is 0 Å². The maximum Gasteiger partial charge on any atom is 0.233 e. The molecule has 29 heavy (non-hydrogen) atoms. The van der Waals surface area contributed by atoms with Crippen molar-refractivity contribution in [3.05, 3.63) is 93.0 Å². The third kappa shape index (κ3) is 3.06. The van der Waals surface area contributed by atoms with Crippen LogP contribution in [0.2, 0.25) is 5.02 Å². The lowest BCUT2D eigenvalue weighted by Gasteiger charge is -2.34. The molecule has 2 atom stereocenters. The quantitative estimate of drug-likeness (QED) is 0.588. The topological polar surface area (TPSA) is 55.1 Å². The number of fused-ring (bicyclic) bond motifs is 1. The van der Waals surface area contributed by atoms with Crippen molar-refractivity contribution in [2.45, 2.75) is 31.6 Å². The summed E-state index contributed by atoms with van der Waals surface area (Å²) in [5.41, 5.74) is 4.79. The Kier molecular flexibility index (Phi) is 4.28. The van der Waals surface area contributed by atoms with Gasteiger partial charge >= 0.3 is 0 Å². The Morgan fingerprint density at radius 1 is 1.14 bits per heavy atom. The van der Waals surface area contributed by atoms with Crippen LogP contribution in [0.5, 0.6) is 0 Å². The van der Waals surface area contributed by atoms with Gasteiger partial charge in [-0.3, -0.25) is 4.79 Å². The molecule has 4 nitrogen and oxygen atoms in total. The largest absolute Gasteiger partial charge is 0.338 e. The fourth-order valence-electron chi connectivity index (χ4n) is 4.46. The van der Waals surface area contributed by atoms with Gasteiger partial charge in [-0.2, -0.15) is 0 Å². The van der Waals surface area contributed by atoms with E-state index in [1.165, 1.54) is 12.1 Å². The van der Waals surface area contributed by atoms with Crippen LogP contribution in [0.15, 0.2) is 64.3 Å². The van der Waals surface area contributed by atoms with Crippen molar-refractivity contribution in [1.29, 1.82) is 0 Å². The molecule has 0 radical (unpaired) electrons. The number of halogens is 2. The number of hydrogen-bond acceptors (Lipinski definition) is 4. The van der Waals surface area contributed by atoms with E-state index in [-0.39, 0.29) is 23.4 Å². The number of benzene rings is 2. The van der Waals surface area contributed by atoms with Gasteiger partial charge in [0.2, 0.25) is 5.88 Å². The Labute approximate surface area is 172 Å². The number of aryl methyl sites for hydroxylation is 1. The minimum Gasteiger partial charge on any atom is -0.338 e. The van der Waals surface area contributed by atoms with E-state index in [0.29, 0.717) is 35.0 Å². The van der Waals surface area contributed by atoms with Gasteiger partial charge in [0.1, 0.15) is 5.82 Å². The second-order valence-electron chi connectivity index (χ2n) is 7.60. The monoisotopic (exact) mass is 408 g/mol. The summed E-state index contributed by atoms with van der Waals surface area (Å²) in [7, 11) is 0. The minimum atomic E-state index is -0.387. The number of nitrogens with zero attached hydrogens (tertiary/aromatic N) is 1. The van der Waals surface area contributed by atoms with Gasteiger partial charge < -0.3 is 9.84 Å². The summed E-state index contributed by atoms with van der Waals surface area (Å²) in [5, 5.41) is 8.03. The number of anilines is 1. The number of carbonyl (C=O) groups is 1. The van der Waals surface area contributed by atoms with Crippen LogP contribution >= 0.6 is 11.6 Å². The van der Waals surface area contributed by atoms with Crippen molar-refractivity contribution in [2.75, 3.05) is 5.32 Å².